The first-order chi connectivity index (χ1) is 13.9. The van der Waals surface area contributed by atoms with Crippen molar-refractivity contribution in [2.75, 3.05) is 17.2 Å². The molecule has 0 aliphatic rings. The number of carbonyl (C=O) groups excluding carboxylic acids is 1. The Bertz CT molecular complexity index is 1020. The third-order valence-electron chi connectivity index (χ3n) is 4.78. The van der Waals surface area contributed by atoms with Crippen molar-refractivity contribution < 1.29 is 9.18 Å². The van der Waals surface area contributed by atoms with Gasteiger partial charge in [-0.2, -0.15) is 5.10 Å². The zero-order valence-corrected chi connectivity index (χ0v) is 16.6. The Morgan fingerprint density at radius 2 is 2.10 bits per heavy atom. The summed E-state index contributed by atoms with van der Waals surface area (Å²) in [5, 5.41) is 11.3. The number of nitrogens with one attached hydrogen (secondary N) is 2. The lowest BCUT2D eigenvalue weighted by Crippen LogP contribution is -2.30. The smallest absolute Gasteiger partial charge is 0.252 e. The summed E-state index contributed by atoms with van der Waals surface area (Å²) in [4.78, 5) is 16.1. The first-order valence-corrected chi connectivity index (χ1v) is 9.58. The second-order valence-electron chi connectivity index (χ2n) is 6.97. The summed E-state index contributed by atoms with van der Waals surface area (Å²) in [6.07, 6.45) is 4.53. The molecule has 0 bridgehead atoms. The number of aromatic nitrogens is 3. The van der Waals surface area contributed by atoms with Crippen LogP contribution in [0.1, 0.15) is 36.5 Å². The zero-order valence-electron chi connectivity index (χ0n) is 16.6. The predicted molar refractivity (Wildman–Crippen MR) is 113 cm³/mol. The lowest BCUT2D eigenvalue weighted by molar-refractivity contribution is 0.100. The number of carbonyl (C=O) groups is 1. The molecule has 154 valence electrons. The quantitative estimate of drug-likeness (QED) is 0.439. The van der Waals surface area contributed by atoms with Crippen LogP contribution in [0.25, 0.3) is 10.9 Å². The molecular formula is C20H26FN7O. The van der Waals surface area contributed by atoms with Crippen molar-refractivity contribution >= 4 is 34.1 Å². The van der Waals surface area contributed by atoms with Crippen molar-refractivity contribution in [3.05, 3.63) is 41.8 Å². The number of halogens is 1. The largest absolute Gasteiger partial charge is 0.365 e. The maximum atomic E-state index is 14.6. The molecule has 0 fully saturated rings. The van der Waals surface area contributed by atoms with E-state index in [1.54, 1.807) is 10.9 Å². The molecule has 0 saturated carbocycles. The molecule has 1 atom stereocenters. The van der Waals surface area contributed by atoms with Gasteiger partial charge in [0.1, 0.15) is 5.82 Å². The molecule has 0 saturated heterocycles. The molecule has 0 spiro atoms. The summed E-state index contributed by atoms with van der Waals surface area (Å²) in [6.45, 7) is 2.42. The zero-order chi connectivity index (χ0) is 21.0. The van der Waals surface area contributed by atoms with E-state index in [0.717, 1.165) is 36.2 Å². The van der Waals surface area contributed by atoms with Gasteiger partial charge < -0.3 is 22.1 Å². The molecular weight excluding hydrogens is 373 g/mol. The first kappa shape index (κ1) is 20.5. The predicted octanol–water partition coefficient (Wildman–Crippen LogP) is 2.88. The van der Waals surface area contributed by atoms with Crippen molar-refractivity contribution in [2.45, 2.75) is 32.2 Å². The summed E-state index contributed by atoms with van der Waals surface area (Å²) in [7, 11) is 1.84. The van der Waals surface area contributed by atoms with E-state index in [1.165, 1.54) is 0 Å². The number of nitrogens with two attached hydrogens (primary N) is 2. The number of amides is 1. The number of anilines is 3. The monoisotopic (exact) mass is 399 g/mol. The van der Waals surface area contributed by atoms with E-state index in [0.29, 0.717) is 12.2 Å². The number of rotatable bonds is 9. The molecule has 1 amide bonds. The Hall–Kier alpha value is -3.20. The normalized spacial score (nSPS) is 12.1. The molecule has 0 aliphatic heterocycles. The highest BCUT2D eigenvalue weighted by atomic mass is 19.1. The standard InChI is InChI=1S/C20H26FN7O/c1-3-4-5-14(10-22)26-20-16(21)9-15(18(23)29)19(27-20)25-13-7-6-12-11-24-28(2)17(12)8-13/h6-9,11,14H,3-5,10,22H2,1-2H3,(H2,23,29)(H2,25,26,27). The van der Waals surface area contributed by atoms with E-state index in [1.807, 2.05) is 25.2 Å². The minimum atomic E-state index is -0.770. The van der Waals surface area contributed by atoms with Crippen LogP contribution in [0, 0.1) is 5.82 Å². The van der Waals surface area contributed by atoms with Crippen molar-refractivity contribution in [1.82, 2.24) is 14.8 Å². The Morgan fingerprint density at radius 1 is 1.31 bits per heavy atom. The Balaban J connectivity index is 1.94. The van der Waals surface area contributed by atoms with Gasteiger partial charge in [-0.05, 0) is 30.7 Å². The number of fused-ring (bicyclic) bond motifs is 1. The van der Waals surface area contributed by atoms with E-state index in [-0.39, 0.29) is 23.2 Å². The van der Waals surface area contributed by atoms with Gasteiger partial charge in [-0.25, -0.2) is 9.37 Å². The molecule has 0 radical (unpaired) electrons. The maximum absolute atomic E-state index is 14.6. The van der Waals surface area contributed by atoms with Crippen molar-refractivity contribution in [1.29, 1.82) is 0 Å². The Labute approximate surface area is 168 Å². The van der Waals surface area contributed by atoms with Crippen LogP contribution >= 0.6 is 0 Å². The number of nitrogens with zero attached hydrogens (tertiary/aromatic N) is 3. The SMILES string of the molecule is CCCCC(CN)Nc1nc(Nc2ccc3cnn(C)c3c2)c(C(N)=O)cc1F. The molecule has 1 aromatic carbocycles. The third kappa shape index (κ3) is 4.62. The third-order valence-corrected chi connectivity index (χ3v) is 4.78. The second-order valence-corrected chi connectivity index (χ2v) is 6.97. The average molecular weight is 399 g/mol. The van der Waals surface area contributed by atoms with Crippen LogP contribution in [0.5, 0.6) is 0 Å². The Kier molecular flexibility index (Phi) is 6.28. The van der Waals surface area contributed by atoms with Crippen LogP contribution < -0.4 is 22.1 Å². The van der Waals surface area contributed by atoms with Crippen LogP contribution in [0.2, 0.25) is 0 Å². The molecule has 29 heavy (non-hydrogen) atoms. The summed E-state index contributed by atoms with van der Waals surface area (Å²) in [6, 6.07) is 6.57. The lowest BCUT2D eigenvalue weighted by Gasteiger charge is -2.19. The van der Waals surface area contributed by atoms with Gasteiger partial charge in [0.05, 0.1) is 17.3 Å². The number of unbranched alkanes of at least 4 members (excludes halogenated alkanes) is 1. The van der Waals surface area contributed by atoms with Crippen LogP contribution in [0.3, 0.4) is 0 Å². The first-order valence-electron chi connectivity index (χ1n) is 9.58. The summed E-state index contributed by atoms with van der Waals surface area (Å²) in [5.74, 6) is -1.21. The molecule has 0 aliphatic carbocycles. The van der Waals surface area contributed by atoms with Crippen LogP contribution in [0.4, 0.5) is 21.7 Å². The highest BCUT2D eigenvalue weighted by Gasteiger charge is 2.18. The van der Waals surface area contributed by atoms with Crippen molar-refractivity contribution in [2.24, 2.45) is 18.5 Å². The van der Waals surface area contributed by atoms with Gasteiger partial charge in [0.25, 0.3) is 5.91 Å². The van der Waals surface area contributed by atoms with Crippen LogP contribution in [0.15, 0.2) is 30.5 Å². The topological polar surface area (TPSA) is 124 Å². The highest BCUT2D eigenvalue weighted by Crippen LogP contribution is 2.26. The average Bonchev–Trinajstić information content (AvgIpc) is 3.07. The number of primary amides is 1. The molecule has 9 heteroatoms. The minimum absolute atomic E-state index is 0.0315. The van der Waals surface area contributed by atoms with E-state index in [2.05, 4.69) is 27.6 Å². The fourth-order valence-corrected chi connectivity index (χ4v) is 3.12. The van der Waals surface area contributed by atoms with E-state index in [9.17, 15) is 9.18 Å². The van der Waals surface area contributed by atoms with Gasteiger partial charge in [0, 0.05) is 30.7 Å². The number of hydrogen-bond donors (Lipinski definition) is 4. The van der Waals surface area contributed by atoms with Crippen LogP contribution in [-0.2, 0) is 7.05 Å². The summed E-state index contributed by atoms with van der Waals surface area (Å²) in [5.41, 5.74) is 12.8. The van der Waals surface area contributed by atoms with Gasteiger partial charge >= 0.3 is 0 Å². The number of benzene rings is 1. The minimum Gasteiger partial charge on any atom is -0.365 e. The summed E-state index contributed by atoms with van der Waals surface area (Å²) >= 11 is 0. The number of pyridine rings is 1. The van der Waals surface area contributed by atoms with Gasteiger partial charge in [0.15, 0.2) is 11.6 Å². The van der Waals surface area contributed by atoms with Gasteiger partial charge in [-0.1, -0.05) is 19.8 Å². The highest BCUT2D eigenvalue weighted by molar-refractivity contribution is 5.99. The summed E-state index contributed by atoms with van der Waals surface area (Å²) < 4.78 is 16.3. The van der Waals surface area contributed by atoms with Gasteiger partial charge in [0.2, 0.25) is 0 Å². The van der Waals surface area contributed by atoms with Gasteiger partial charge in [-0.15, -0.1) is 0 Å². The molecule has 3 aromatic rings. The van der Waals surface area contributed by atoms with E-state index in [4.69, 9.17) is 11.5 Å². The van der Waals surface area contributed by atoms with Crippen molar-refractivity contribution in [3.63, 3.8) is 0 Å². The Morgan fingerprint density at radius 3 is 2.79 bits per heavy atom. The maximum Gasteiger partial charge on any atom is 0.252 e. The molecule has 3 rings (SSSR count). The fraction of sp³-hybridized carbons (Fsp3) is 0.350. The fourth-order valence-electron chi connectivity index (χ4n) is 3.12. The second kappa shape index (κ2) is 8.87. The van der Waals surface area contributed by atoms with Gasteiger partial charge in [-0.3, -0.25) is 9.48 Å². The van der Waals surface area contributed by atoms with E-state index >= 15 is 0 Å². The molecule has 6 N–H and O–H groups in total. The molecule has 2 heterocycles. The van der Waals surface area contributed by atoms with Crippen molar-refractivity contribution in [3.8, 4) is 0 Å². The molecule has 2 aromatic heterocycles. The lowest BCUT2D eigenvalue weighted by atomic mass is 10.1. The molecule has 8 nitrogen and oxygen atoms in total. The number of hydrogen-bond acceptors (Lipinski definition) is 6. The number of aryl methyl sites for hydroxylation is 1. The van der Waals surface area contributed by atoms with E-state index < -0.39 is 11.7 Å². The van der Waals surface area contributed by atoms with Crippen LogP contribution in [-0.4, -0.2) is 33.3 Å². The molecule has 1 unspecified atom stereocenters.